The molecule has 1 atom stereocenters. The van der Waals surface area contributed by atoms with E-state index in [0.717, 1.165) is 41.7 Å². The summed E-state index contributed by atoms with van der Waals surface area (Å²) in [6.07, 6.45) is 3.27. The smallest absolute Gasteiger partial charge is 0.243 e. The minimum atomic E-state index is -0.280. The molecule has 1 aliphatic heterocycles. The van der Waals surface area contributed by atoms with E-state index in [0.29, 0.717) is 6.54 Å². The lowest BCUT2D eigenvalue weighted by molar-refractivity contribution is -0.122. The number of amides is 1. The Hall–Kier alpha value is -3.02. The van der Waals surface area contributed by atoms with Gasteiger partial charge in [0.05, 0.1) is 5.52 Å². The van der Waals surface area contributed by atoms with Gasteiger partial charge in [-0.2, -0.15) is 0 Å². The Morgan fingerprint density at radius 3 is 2.81 bits per heavy atom. The summed E-state index contributed by atoms with van der Waals surface area (Å²) in [5.74, 6) is 0.488. The van der Waals surface area contributed by atoms with Gasteiger partial charge in [0.2, 0.25) is 5.91 Å². The van der Waals surface area contributed by atoms with E-state index in [4.69, 9.17) is 0 Å². The van der Waals surface area contributed by atoms with Crippen molar-refractivity contribution in [1.29, 1.82) is 0 Å². The van der Waals surface area contributed by atoms with Crippen LogP contribution in [-0.2, 0) is 11.3 Å². The molecule has 1 N–H and O–H groups in total. The van der Waals surface area contributed by atoms with E-state index in [1.54, 1.807) is 18.5 Å². The van der Waals surface area contributed by atoms with E-state index in [1.807, 2.05) is 24.3 Å². The Balaban J connectivity index is 1.52. The SMILES string of the molecule is O=C(NCc1ccc(F)cc1)C1CCCN1c1ncnc2ccccc12. The van der Waals surface area contributed by atoms with Gasteiger partial charge in [-0.3, -0.25) is 4.79 Å². The number of anilines is 1. The maximum Gasteiger partial charge on any atom is 0.243 e. The first-order valence-corrected chi connectivity index (χ1v) is 8.71. The number of rotatable bonds is 4. The Kier molecular flexibility index (Phi) is 4.48. The zero-order chi connectivity index (χ0) is 17.9. The number of hydrogen-bond donors (Lipinski definition) is 1. The summed E-state index contributed by atoms with van der Waals surface area (Å²) in [6, 6.07) is 13.7. The first-order chi connectivity index (χ1) is 12.7. The molecule has 1 amide bonds. The van der Waals surface area contributed by atoms with Crippen molar-refractivity contribution in [1.82, 2.24) is 15.3 Å². The molecule has 5 nitrogen and oxygen atoms in total. The third kappa shape index (κ3) is 3.22. The number of benzene rings is 2. The van der Waals surface area contributed by atoms with Gasteiger partial charge in [0, 0.05) is 18.5 Å². The lowest BCUT2D eigenvalue weighted by atomic mass is 10.1. The van der Waals surface area contributed by atoms with Crippen molar-refractivity contribution in [3.63, 3.8) is 0 Å². The summed E-state index contributed by atoms with van der Waals surface area (Å²) in [5, 5.41) is 3.91. The third-order valence-electron chi connectivity index (χ3n) is 4.73. The molecule has 0 bridgehead atoms. The lowest BCUT2D eigenvalue weighted by Gasteiger charge is -2.25. The average molecular weight is 350 g/mol. The Bertz CT molecular complexity index is 923. The molecular weight excluding hydrogens is 331 g/mol. The van der Waals surface area contributed by atoms with Gasteiger partial charge >= 0.3 is 0 Å². The van der Waals surface area contributed by atoms with Gasteiger partial charge in [-0.15, -0.1) is 0 Å². The molecule has 1 unspecified atom stereocenters. The topological polar surface area (TPSA) is 58.1 Å². The largest absolute Gasteiger partial charge is 0.350 e. The standard InChI is InChI=1S/C20H19FN4O/c21-15-9-7-14(8-10-15)12-22-20(26)18-6-3-11-25(18)19-16-4-1-2-5-17(16)23-13-24-19/h1-2,4-5,7-10,13,18H,3,6,11-12H2,(H,22,26). The van der Waals surface area contributed by atoms with Crippen LogP contribution < -0.4 is 10.2 Å². The zero-order valence-corrected chi connectivity index (χ0v) is 14.2. The number of aromatic nitrogens is 2. The summed E-state index contributed by atoms with van der Waals surface area (Å²) in [5.41, 5.74) is 1.74. The minimum Gasteiger partial charge on any atom is -0.350 e. The Morgan fingerprint density at radius 2 is 1.96 bits per heavy atom. The first kappa shape index (κ1) is 16.4. The lowest BCUT2D eigenvalue weighted by Crippen LogP contribution is -2.43. The molecule has 1 aromatic heterocycles. The van der Waals surface area contributed by atoms with Crippen LogP contribution >= 0.6 is 0 Å². The molecule has 2 heterocycles. The molecule has 0 aliphatic carbocycles. The van der Waals surface area contributed by atoms with E-state index < -0.39 is 0 Å². The normalized spacial score (nSPS) is 16.8. The molecule has 0 radical (unpaired) electrons. The molecule has 2 aromatic carbocycles. The number of carbonyl (C=O) groups is 1. The summed E-state index contributed by atoms with van der Waals surface area (Å²) >= 11 is 0. The molecule has 0 spiro atoms. The van der Waals surface area contributed by atoms with Crippen molar-refractivity contribution >= 4 is 22.6 Å². The number of nitrogens with one attached hydrogen (secondary N) is 1. The van der Waals surface area contributed by atoms with Crippen molar-refractivity contribution in [2.45, 2.75) is 25.4 Å². The first-order valence-electron chi connectivity index (χ1n) is 8.71. The summed E-state index contributed by atoms with van der Waals surface area (Å²) in [6.45, 7) is 1.17. The van der Waals surface area contributed by atoms with E-state index in [2.05, 4.69) is 20.2 Å². The highest BCUT2D eigenvalue weighted by Gasteiger charge is 2.32. The second kappa shape index (κ2) is 7.07. The fraction of sp³-hybridized carbons (Fsp3) is 0.250. The van der Waals surface area contributed by atoms with Crippen LogP contribution in [0.25, 0.3) is 10.9 Å². The van der Waals surface area contributed by atoms with Crippen LogP contribution in [0.3, 0.4) is 0 Å². The van der Waals surface area contributed by atoms with E-state index in [1.165, 1.54) is 12.1 Å². The Morgan fingerprint density at radius 1 is 1.15 bits per heavy atom. The highest BCUT2D eigenvalue weighted by molar-refractivity contribution is 5.93. The van der Waals surface area contributed by atoms with Crippen molar-refractivity contribution in [3.05, 3.63) is 66.2 Å². The molecule has 132 valence electrons. The average Bonchev–Trinajstić information content (AvgIpc) is 3.16. The second-order valence-electron chi connectivity index (χ2n) is 6.41. The van der Waals surface area contributed by atoms with Gasteiger partial charge in [-0.05, 0) is 42.7 Å². The van der Waals surface area contributed by atoms with Crippen molar-refractivity contribution in [2.24, 2.45) is 0 Å². The summed E-state index contributed by atoms with van der Waals surface area (Å²) in [4.78, 5) is 23.5. The van der Waals surface area contributed by atoms with Gasteiger partial charge in [0.15, 0.2) is 0 Å². The molecular formula is C20H19FN4O. The predicted octanol–water partition coefficient (Wildman–Crippen LogP) is 3.05. The number of carbonyl (C=O) groups excluding carboxylic acids is 1. The monoisotopic (exact) mass is 350 g/mol. The van der Waals surface area contributed by atoms with E-state index in [-0.39, 0.29) is 17.8 Å². The van der Waals surface area contributed by atoms with Gasteiger partial charge < -0.3 is 10.2 Å². The molecule has 1 fully saturated rings. The summed E-state index contributed by atoms with van der Waals surface area (Å²) < 4.78 is 13.0. The van der Waals surface area contributed by atoms with Crippen LogP contribution in [0.1, 0.15) is 18.4 Å². The zero-order valence-electron chi connectivity index (χ0n) is 14.2. The maximum atomic E-state index is 13.0. The van der Waals surface area contributed by atoms with Crippen molar-refractivity contribution in [2.75, 3.05) is 11.4 Å². The molecule has 0 saturated carbocycles. The second-order valence-corrected chi connectivity index (χ2v) is 6.41. The van der Waals surface area contributed by atoms with Gasteiger partial charge in [0.25, 0.3) is 0 Å². The van der Waals surface area contributed by atoms with Crippen LogP contribution in [-0.4, -0.2) is 28.5 Å². The molecule has 3 aromatic rings. The fourth-order valence-electron chi connectivity index (χ4n) is 3.42. The van der Waals surface area contributed by atoms with Crippen LogP contribution in [0.4, 0.5) is 10.2 Å². The van der Waals surface area contributed by atoms with Gasteiger partial charge in [0.1, 0.15) is 24.0 Å². The van der Waals surface area contributed by atoms with Gasteiger partial charge in [-0.1, -0.05) is 24.3 Å². The predicted molar refractivity (Wildman–Crippen MR) is 98.2 cm³/mol. The molecule has 4 rings (SSSR count). The Labute approximate surface area is 150 Å². The van der Waals surface area contributed by atoms with E-state index >= 15 is 0 Å². The molecule has 26 heavy (non-hydrogen) atoms. The molecule has 1 aliphatic rings. The maximum absolute atomic E-state index is 13.0. The number of nitrogens with zero attached hydrogens (tertiary/aromatic N) is 3. The highest BCUT2D eigenvalue weighted by atomic mass is 19.1. The van der Waals surface area contributed by atoms with Gasteiger partial charge in [-0.25, -0.2) is 14.4 Å². The molecule has 1 saturated heterocycles. The van der Waals surface area contributed by atoms with Crippen LogP contribution in [0.2, 0.25) is 0 Å². The number of hydrogen-bond acceptors (Lipinski definition) is 4. The summed E-state index contributed by atoms with van der Waals surface area (Å²) in [7, 11) is 0. The third-order valence-corrected chi connectivity index (χ3v) is 4.73. The quantitative estimate of drug-likeness (QED) is 0.786. The number of fused-ring (bicyclic) bond motifs is 1. The fourth-order valence-corrected chi connectivity index (χ4v) is 3.42. The van der Waals surface area contributed by atoms with Crippen LogP contribution in [0.15, 0.2) is 54.9 Å². The highest BCUT2D eigenvalue weighted by Crippen LogP contribution is 2.29. The number of para-hydroxylation sites is 1. The minimum absolute atomic E-state index is 0.0329. The van der Waals surface area contributed by atoms with Crippen LogP contribution in [0.5, 0.6) is 0 Å². The number of halogens is 1. The molecule has 6 heteroatoms. The van der Waals surface area contributed by atoms with Crippen molar-refractivity contribution in [3.8, 4) is 0 Å². The van der Waals surface area contributed by atoms with Crippen molar-refractivity contribution < 1.29 is 9.18 Å². The van der Waals surface area contributed by atoms with Crippen LogP contribution in [0, 0.1) is 5.82 Å². The van der Waals surface area contributed by atoms with E-state index in [9.17, 15) is 9.18 Å².